The van der Waals surface area contributed by atoms with Gasteiger partial charge in [0.2, 0.25) is 0 Å². The quantitative estimate of drug-likeness (QED) is 0.471. The van der Waals surface area contributed by atoms with Crippen molar-refractivity contribution in [3.05, 3.63) is 59.2 Å². The van der Waals surface area contributed by atoms with Gasteiger partial charge in [0, 0.05) is 11.3 Å². The van der Waals surface area contributed by atoms with Gasteiger partial charge in [0.15, 0.2) is 23.3 Å². The van der Waals surface area contributed by atoms with Crippen molar-refractivity contribution in [3.8, 4) is 16.9 Å². The number of ether oxygens (including phenoxy) is 1. The average molecular weight is 481 g/mol. The second-order valence-electron chi connectivity index (χ2n) is 6.30. The van der Waals surface area contributed by atoms with Gasteiger partial charge in [0.25, 0.3) is 5.91 Å². The Labute approximate surface area is 178 Å². The number of hydrogen-bond acceptors (Lipinski definition) is 4. The van der Waals surface area contributed by atoms with Crippen molar-refractivity contribution in [2.75, 3.05) is 11.1 Å². The third kappa shape index (κ3) is 4.82. The van der Waals surface area contributed by atoms with Gasteiger partial charge in [-0.15, -0.1) is 24.9 Å². The number of thioether (sulfide) groups is 1. The zero-order valence-corrected chi connectivity index (χ0v) is 16.2. The van der Waals surface area contributed by atoms with Crippen LogP contribution in [0.5, 0.6) is 5.75 Å². The van der Waals surface area contributed by atoms with Crippen LogP contribution in [0.1, 0.15) is 0 Å². The number of halogens is 7. The number of benzene rings is 2. The summed E-state index contributed by atoms with van der Waals surface area (Å²) in [7, 11) is 0. The van der Waals surface area contributed by atoms with Crippen LogP contribution in [0.4, 0.5) is 36.4 Å². The van der Waals surface area contributed by atoms with Gasteiger partial charge in [0.05, 0.1) is 5.56 Å². The number of rotatable bonds is 5. The van der Waals surface area contributed by atoms with Gasteiger partial charge in [-0.2, -0.15) is 0 Å². The average Bonchev–Trinajstić information content (AvgIpc) is 3.19. The summed E-state index contributed by atoms with van der Waals surface area (Å²) in [4.78, 5) is 23.1. The number of carbonyl (C=O) groups is 2. The first-order chi connectivity index (χ1) is 14.9. The molecular formula is C19H10F7NO4S. The lowest BCUT2D eigenvalue weighted by molar-refractivity contribution is -0.274. The third-order valence-corrected chi connectivity index (χ3v) is 5.34. The lowest BCUT2D eigenvalue weighted by Crippen LogP contribution is -2.19. The van der Waals surface area contributed by atoms with Gasteiger partial charge in [-0.3, -0.25) is 9.59 Å². The van der Waals surface area contributed by atoms with Crippen molar-refractivity contribution in [2.45, 2.75) is 11.6 Å². The Morgan fingerprint density at radius 3 is 2.22 bits per heavy atom. The molecule has 1 unspecified atom stereocenters. The smallest absolute Gasteiger partial charge is 0.480 e. The molecule has 1 heterocycles. The standard InChI is InChI=1S/C19H10F7NO4S/c20-12-11(7-2-1-3-9(4-7)31-19(24,25)26)13(21)15(23)16(14(12)22)27-17(28)8-5-10(18(29)30)32-6-8/h1-5,10H,6H2,(H,27,28)(H,29,30). The Morgan fingerprint density at radius 2 is 1.69 bits per heavy atom. The number of nitrogens with one attached hydrogen (secondary N) is 1. The molecule has 0 fully saturated rings. The fraction of sp³-hybridized carbons (Fsp3) is 0.158. The lowest BCUT2D eigenvalue weighted by atomic mass is 10.0. The highest BCUT2D eigenvalue weighted by molar-refractivity contribution is 8.01. The number of carboxylic acids is 1. The summed E-state index contributed by atoms with van der Waals surface area (Å²) in [5.41, 5.74) is -3.62. The van der Waals surface area contributed by atoms with Crippen LogP contribution in [0.2, 0.25) is 0 Å². The summed E-state index contributed by atoms with van der Waals surface area (Å²) in [6.07, 6.45) is -4.10. The highest BCUT2D eigenvalue weighted by atomic mass is 32.2. The maximum atomic E-state index is 14.6. The SMILES string of the molecule is O=C(Nc1c(F)c(F)c(-c2cccc(OC(F)(F)F)c2)c(F)c1F)C1=CC(C(=O)O)SC1. The first-order valence-electron chi connectivity index (χ1n) is 8.47. The molecule has 1 aliphatic rings. The minimum absolute atomic E-state index is 0.124. The zero-order valence-electron chi connectivity index (χ0n) is 15.4. The van der Waals surface area contributed by atoms with Crippen LogP contribution >= 0.6 is 11.8 Å². The molecule has 0 radical (unpaired) electrons. The van der Waals surface area contributed by atoms with Gasteiger partial charge < -0.3 is 15.2 Å². The molecule has 1 amide bonds. The fourth-order valence-corrected chi connectivity index (χ4v) is 3.77. The summed E-state index contributed by atoms with van der Waals surface area (Å²) in [6, 6.07) is 3.16. The first-order valence-corrected chi connectivity index (χ1v) is 9.52. The molecule has 13 heteroatoms. The van der Waals surface area contributed by atoms with Crippen LogP contribution < -0.4 is 10.1 Å². The van der Waals surface area contributed by atoms with Gasteiger partial charge >= 0.3 is 12.3 Å². The van der Waals surface area contributed by atoms with Crippen LogP contribution in [0.25, 0.3) is 11.1 Å². The number of aliphatic carboxylic acids is 1. The maximum absolute atomic E-state index is 14.6. The fourth-order valence-electron chi connectivity index (χ4n) is 2.78. The number of hydrogen-bond donors (Lipinski definition) is 2. The van der Waals surface area contributed by atoms with E-state index < -0.39 is 69.3 Å². The molecular weight excluding hydrogens is 471 g/mol. The summed E-state index contributed by atoms with van der Waals surface area (Å²) >= 11 is 0.836. The minimum atomic E-state index is -5.12. The van der Waals surface area contributed by atoms with Crippen LogP contribution in [-0.4, -0.2) is 34.3 Å². The molecule has 5 nitrogen and oxygen atoms in total. The van der Waals surface area contributed by atoms with Crippen LogP contribution in [0.3, 0.4) is 0 Å². The Balaban J connectivity index is 1.97. The minimum Gasteiger partial charge on any atom is -0.480 e. The van der Waals surface area contributed by atoms with E-state index in [0.29, 0.717) is 6.07 Å². The van der Waals surface area contributed by atoms with Crippen molar-refractivity contribution in [2.24, 2.45) is 0 Å². The lowest BCUT2D eigenvalue weighted by Gasteiger charge is -2.14. The Morgan fingerprint density at radius 1 is 1.06 bits per heavy atom. The molecule has 1 aliphatic heterocycles. The molecule has 170 valence electrons. The molecule has 0 spiro atoms. The summed E-state index contributed by atoms with van der Waals surface area (Å²) in [5.74, 6) is -11.4. The molecule has 32 heavy (non-hydrogen) atoms. The Bertz CT molecular complexity index is 1100. The molecule has 0 bridgehead atoms. The number of carbonyl (C=O) groups excluding carboxylic acids is 1. The van der Waals surface area contributed by atoms with Crippen molar-refractivity contribution < 1.29 is 50.2 Å². The van der Waals surface area contributed by atoms with E-state index in [1.807, 2.05) is 0 Å². The molecule has 0 saturated carbocycles. The van der Waals surface area contributed by atoms with E-state index >= 15 is 0 Å². The van der Waals surface area contributed by atoms with Crippen molar-refractivity contribution in [1.82, 2.24) is 0 Å². The molecule has 0 aromatic heterocycles. The molecule has 3 rings (SSSR count). The molecule has 2 N–H and O–H groups in total. The second kappa shape index (κ2) is 8.73. The number of amides is 1. The van der Waals surface area contributed by atoms with Gasteiger partial charge in [-0.25, -0.2) is 17.6 Å². The third-order valence-electron chi connectivity index (χ3n) is 4.16. The topological polar surface area (TPSA) is 75.6 Å². The normalized spacial score (nSPS) is 16.0. The van der Waals surface area contributed by atoms with Crippen molar-refractivity contribution in [3.63, 3.8) is 0 Å². The molecule has 1 atom stereocenters. The monoisotopic (exact) mass is 481 g/mol. The number of alkyl halides is 3. The van der Waals surface area contributed by atoms with Gasteiger partial charge in [-0.05, 0) is 17.7 Å². The summed E-state index contributed by atoms with van der Waals surface area (Å²) in [6.45, 7) is 0. The molecule has 0 aliphatic carbocycles. The van der Waals surface area contributed by atoms with Crippen molar-refractivity contribution >= 4 is 29.3 Å². The highest BCUT2D eigenvalue weighted by Gasteiger charge is 2.33. The van der Waals surface area contributed by atoms with E-state index in [1.165, 1.54) is 0 Å². The zero-order chi connectivity index (χ0) is 23.8. The van der Waals surface area contributed by atoms with E-state index in [-0.39, 0.29) is 11.3 Å². The van der Waals surface area contributed by atoms with Crippen LogP contribution in [-0.2, 0) is 9.59 Å². The van der Waals surface area contributed by atoms with Crippen molar-refractivity contribution in [1.29, 1.82) is 0 Å². The predicted molar refractivity (Wildman–Crippen MR) is 99.0 cm³/mol. The highest BCUT2D eigenvalue weighted by Crippen LogP contribution is 2.37. The van der Waals surface area contributed by atoms with E-state index in [4.69, 9.17) is 5.11 Å². The molecule has 0 saturated heterocycles. The van der Waals surface area contributed by atoms with Gasteiger partial charge in [0.1, 0.15) is 16.7 Å². The number of anilines is 1. The molecule has 2 aromatic carbocycles. The van der Waals surface area contributed by atoms with E-state index in [9.17, 15) is 40.3 Å². The molecule has 2 aromatic rings. The number of carboxylic acid groups (broad SMARTS) is 1. The van der Waals surface area contributed by atoms with Gasteiger partial charge in [-0.1, -0.05) is 18.2 Å². The van der Waals surface area contributed by atoms with Crippen LogP contribution in [0, 0.1) is 23.3 Å². The first kappa shape index (κ1) is 23.4. The van der Waals surface area contributed by atoms with Crippen LogP contribution in [0.15, 0.2) is 35.9 Å². The summed E-state index contributed by atoms with van der Waals surface area (Å²) in [5, 5.41) is 9.49. The second-order valence-corrected chi connectivity index (χ2v) is 7.43. The van der Waals surface area contributed by atoms with E-state index in [1.54, 1.807) is 5.32 Å². The Kier molecular flexibility index (Phi) is 6.39. The predicted octanol–water partition coefficient (Wildman–Crippen LogP) is 4.87. The largest absolute Gasteiger partial charge is 0.573 e. The summed E-state index contributed by atoms with van der Waals surface area (Å²) < 4.78 is 98.8. The van der Waals surface area contributed by atoms with E-state index in [0.717, 1.165) is 36.0 Å². The maximum Gasteiger partial charge on any atom is 0.573 e. The Hall–Kier alpha value is -3.22. The van der Waals surface area contributed by atoms with E-state index in [2.05, 4.69) is 4.74 Å².